The van der Waals surface area contributed by atoms with Gasteiger partial charge in [0.05, 0.1) is 0 Å². The van der Waals surface area contributed by atoms with E-state index in [9.17, 15) is 8.78 Å². The summed E-state index contributed by atoms with van der Waals surface area (Å²) in [4.78, 5) is 2.17. The van der Waals surface area contributed by atoms with Gasteiger partial charge in [0.2, 0.25) is 0 Å². The summed E-state index contributed by atoms with van der Waals surface area (Å²) in [6, 6.07) is 5.38. The van der Waals surface area contributed by atoms with Gasteiger partial charge in [-0.15, -0.1) is 8.78 Å². The fraction of sp³-hybridized carbons (Fsp3) is 0.538. The molecule has 0 aliphatic carbocycles. The minimum Gasteiger partial charge on any atom is -0.395 e. The van der Waals surface area contributed by atoms with E-state index >= 15 is 0 Å². The molecular weight excluding hydrogens is 254 g/mol. The Morgan fingerprint density at radius 2 is 2.11 bits per heavy atom. The Bertz CT molecular complexity index is 482. The first-order valence-electron chi connectivity index (χ1n) is 6.39. The third-order valence-electron chi connectivity index (χ3n) is 3.58. The molecule has 1 aromatic carbocycles. The molecule has 0 spiro atoms. The first-order chi connectivity index (χ1) is 9.07. The minimum atomic E-state index is -3.55. The van der Waals surface area contributed by atoms with Crippen molar-refractivity contribution in [3.63, 3.8) is 0 Å². The molecule has 1 saturated heterocycles. The molecule has 0 amide bonds. The quantitative estimate of drug-likeness (QED) is 0.893. The highest BCUT2D eigenvalue weighted by Gasteiger charge is 2.43. The summed E-state index contributed by atoms with van der Waals surface area (Å²) in [7, 11) is 1.94. The van der Waals surface area contributed by atoms with E-state index in [1.54, 1.807) is 12.1 Å². The number of piperidine rings is 1. The Balaban J connectivity index is 1.80. The number of nitrogens with zero attached hydrogens (tertiary/aromatic N) is 1. The number of alkyl halides is 2. The predicted octanol–water partition coefficient (Wildman–Crippen LogP) is 2.20. The van der Waals surface area contributed by atoms with Crippen molar-refractivity contribution in [2.45, 2.75) is 25.2 Å². The van der Waals surface area contributed by atoms with Gasteiger partial charge < -0.3 is 19.7 Å². The molecule has 1 fully saturated rings. The highest BCUT2D eigenvalue weighted by Crippen LogP contribution is 2.43. The number of halogens is 2. The second-order valence-corrected chi connectivity index (χ2v) is 4.87. The molecule has 0 aromatic heterocycles. The maximum atomic E-state index is 13.0. The third kappa shape index (κ3) is 2.45. The third-order valence-corrected chi connectivity index (χ3v) is 3.58. The fourth-order valence-corrected chi connectivity index (χ4v) is 2.58. The summed E-state index contributed by atoms with van der Waals surface area (Å²) in [5.74, 6) is 0.199. The topological polar surface area (TPSA) is 33.7 Å². The summed E-state index contributed by atoms with van der Waals surface area (Å²) in [6.07, 6.45) is -1.33. The number of rotatable bonds is 2. The molecule has 1 aromatic rings. The molecule has 0 saturated carbocycles. The first kappa shape index (κ1) is 12.5. The summed E-state index contributed by atoms with van der Waals surface area (Å²) in [6.45, 7) is 1.79. The van der Waals surface area contributed by atoms with Gasteiger partial charge in [-0.3, -0.25) is 0 Å². The Labute approximate surface area is 110 Å². The van der Waals surface area contributed by atoms with Crippen LogP contribution in [0.2, 0.25) is 0 Å². The second-order valence-electron chi connectivity index (χ2n) is 4.87. The summed E-state index contributed by atoms with van der Waals surface area (Å²) in [5, 5.41) is 3.25. The average molecular weight is 270 g/mol. The summed E-state index contributed by atoms with van der Waals surface area (Å²) < 4.78 is 34.8. The highest BCUT2D eigenvalue weighted by molar-refractivity contribution is 5.57. The van der Waals surface area contributed by atoms with Crippen molar-refractivity contribution in [2.75, 3.05) is 25.0 Å². The van der Waals surface area contributed by atoms with Crippen molar-refractivity contribution >= 4 is 5.69 Å². The zero-order valence-corrected chi connectivity index (χ0v) is 10.7. The van der Waals surface area contributed by atoms with Crippen LogP contribution in [0.4, 0.5) is 14.5 Å². The van der Waals surface area contributed by atoms with E-state index in [1.165, 1.54) is 6.07 Å². The maximum Gasteiger partial charge on any atom is 0.586 e. The number of nitrogens with one attached hydrogen (secondary N) is 1. The number of benzene rings is 1. The molecule has 6 heteroatoms. The molecule has 2 aliphatic rings. The van der Waals surface area contributed by atoms with Gasteiger partial charge in [0.1, 0.15) is 0 Å². The van der Waals surface area contributed by atoms with Gasteiger partial charge in [0.15, 0.2) is 11.5 Å². The van der Waals surface area contributed by atoms with E-state index in [0.717, 1.165) is 31.6 Å². The summed E-state index contributed by atoms with van der Waals surface area (Å²) in [5.41, 5.74) is 0.889. The molecule has 2 heterocycles. The van der Waals surface area contributed by atoms with Crippen molar-refractivity contribution in [2.24, 2.45) is 0 Å². The molecule has 3 rings (SSSR count). The lowest BCUT2D eigenvalue weighted by Gasteiger charge is -2.34. The molecular formula is C13H16F2N2O2. The molecule has 4 nitrogen and oxygen atoms in total. The van der Waals surface area contributed by atoms with Crippen molar-refractivity contribution in [1.29, 1.82) is 0 Å². The molecule has 2 aliphatic heterocycles. The van der Waals surface area contributed by atoms with E-state index in [0.29, 0.717) is 6.04 Å². The second kappa shape index (κ2) is 4.52. The predicted molar refractivity (Wildman–Crippen MR) is 66.9 cm³/mol. The van der Waals surface area contributed by atoms with Crippen LogP contribution in [0.25, 0.3) is 0 Å². The lowest BCUT2D eigenvalue weighted by atomic mass is 10.1. The highest BCUT2D eigenvalue weighted by atomic mass is 19.3. The zero-order chi connectivity index (χ0) is 13.5. The van der Waals surface area contributed by atoms with E-state index in [1.807, 2.05) is 7.05 Å². The number of hydrogen-bond acceptors (Lipinski definition) is 4. The Hall–Kier alpha value is -1.56. The largest absolute Gasteiger partial charge is 0.586 e. The molecule has 0 bridgehead atoms. The SMILES string of the molecule is CNC1CCCN(c2ccc3c(c2)OC(F)(F)O3)C1. The van der Waals surface area contributed by atoms with Crippen LogP contribution < -0.4 is 19.7 Å². The van der Waals surface area contributed by atoms with Gasteiger partial charge in [-0.1, -0.05) is 0 Å². The van der Waals surface area contributed by atoms with Crippen LogP contribution in [0.15, 0.2) is 18.2 Å². The lowest BCUT2D eigenvalue weighted by Crippen LogP contribution is -2.44. The zero-order valence-electron chi connectivity index (χ0n) is 10.7. The fourth-order valence-electron chi connectivity index (χ4n) is 2.58. The van der Waals surface area contributed by atoms with Gasteiger partial charge in [-0.2, -0.15) is 0 Å². The molecule has 104 valence electrons. The van der Waals surface area contributed by atoms with Crippen LogP contribution >= 0.6 is 0 Å². The van der Waals surface area contributed by atoms with Crippen molar-refractivity contribution in [1.82, 2.24) is 5.32 Å². The number of fused-ring (bicyclic) bond motifs is 1. The van der Waals surface area contributed by atoms with Gasteiger partial charge >= 0.3 is 6.29 Å². The lowest BCUT2D eigenvalue weighted by molar-refractivity contribution is -0.286. The van der Waals surface area contributed by atoms with E-state index in [4.69, 9.17) is 0 Å². The normalized spacial score (nSPS) is 24.6. The van der Waals surface area contributed by atoms with Crippen molar-refractivity contribution in [3.05, 3.63) is 18.2 Å². The molecule has 0 radical (unpaired) electrons. The number of ether oxygens (including phenoxy) is 2. The van der Waals surface area contributed by atoms with Crippen molar-refractivity contribution < 1.29 is 18.3 Å². The summed E-state index contributed by atoms with van der Waals surface area (Å²) >= 11 is 0. The van der Waals surface area contributed by atoms with E-state index in [2.05, 4.69) is 19.7 Å². The maximum absolute atomic E-state index is 13.0. The first-order valence-corrected chi connectivity index (χ1v) is 6.39. The number of likely N-dealkylation sites (N-methyl/N-ethyl adjacent to an activating group) is 1. The van der Waals surface area contributed by atoms with Gasteiger partial charge in [-0.25, -0.2) is 0 Å². The van der Waals surface area contributed by atoms with Crippen molar-refractivity contribution in [3.8, 4) is 11.5 Å². The molecule has 1 N–H and O–H groups in total. The van der Waals surface area contributed by atoms with Gasteiger partial charge in [0, 0.05) is 30.9 Å². The van der Waals surface area contributed by atoms with E-state index in [-0.39, 0.29) is 11.5 Å². The van der Waals surface area contributed by atoms with Crippen LogP contribution in [0, 0.1) is 0 Å². The standard InChI is InChI=1S/C13H16F2N2O2/c1-16-9-3-2-6-17(8-9)10-4-5-11-12(7-10)19-13(14,15)18-11/h4-5,7,9,16H,2-3,6,8H2,1H3. The Morgan fingerprint density at radius 3 is 2.89 bits per heavy atom. The molecule has 1 atom stereocenters. The monoisotopic (exact) mass is 270 g/mol. The Kier molecular flexibility index (Phi) is 2.97. The number of anilines is 1. The van der Waals surface area contributed by atoms with Crippen LogP contribution in [0.3, 0.4) is 0 Å². The molecule has 19 heavy (non-hydrogen) atoms. The minimum absolute atomic E-state index is 0.0934. The van der Waals surface area contributed by atoms with Gasteiger partial charge in [0.25, 0.3) is 0 Å². The van der Waals surface area contributed by atoms with Crippen LogP contribution in [-0.2, 0) is 0 Å². The van der Waals surface area contributed by atoms with Crippen LogP contribution in [0.5, 0.6) is 11.5 Å². The average Bonchev–Trinajstić information content (AvgIpc) is 2.71. The van der Waals surface area contributed by atoms with Crippen LogP contribution in [0.1, 0.15) is 12.8 Å². The Morgan fingerprint density at radius 1 is 1.32 bits per heavy atom. The smallest absolute Gasteiger partial charge is 0.395 e. The van der Waals surface area contributed by atoms with Crippen LogP contribution in [-0.4, -0.2) is 32.5 Å². The van der Waals surface area contributed by atoms with Gasteiger partial charge in [-0.05, 0) is 32.0 Å². The molecule has 1 unspecified atom stereocenters. The number of hydrogen-bond donors (Lipinski definition) is 1. The van der Waals surface area contributed by atoms with E-state index < -0.39 is 6.29 Å².